The Morgan fingerprint density at radius 3 is 3.00 bits per heavy atom. The van der Waals surface area contributed by atoms with Crippen molar-refractivity contribution < 1.29 is 9.47 Å². The van der Waals surface area contributed by atoms with Gasteiger partial charge in [-0.3, -0.25) is 14.6 Å². The SMILES string of the molecule is Cc1cnccc1CN(C)[C@H]1COC[C@H]1Oc1cnn(C)c1. The Labute approximate surface area is 130 Å². The van der Waals surface area contributed by atoms with Gasteiger partial charge in [-0.2, -0.15) is 5.10 Å². The Bertz CT molecular complexity index is 628. The molecular formula is C16H22N4O2. The first-order valence-corrected chi connectivity index (χ1v) is 7.46. The van der Waals surface area contributed by atoms with Crippen molar-refractivity contribution in [3.8, 4) is 5.75 Å². The predicted molar refractivity (Wildman–Crippen MR) is 82.7 cm³/mol. The number of pyridine rings is 1. The van der Waals surface area contributed by atoms with Crippen LogP contribution in [0.2, 0.25) is 0 Å². The lowest BCUT2D eigenvalue weighted by atomic mass is 10.1. The molecule has 0 spiro atoms. The van der Waals surface area contributed by atoms with Crippen molar-refractivity contribution in [3.05, 3.63) is 42.0 Å². The highest BCUT2D eigenvalue weighted by molar-refractivity contribution is 5.21. The summed E-state index contributed by atoms with van der Waals surface area (Å²) in [4.78, 5) is 6.43. The third-order valence-corrected chi connectivity index (χ3v) is 4.09. The molecule has 0 bridgehead atoms. The zero-order valence-electron chi connectivity index (χ0n) is 13.3. The summed E-state index contributed by atoms with van der Waals surface area (Å²) < 4.78 is 13.4. The molecule has 6 nitrogen and oxygen atoms in total. The topological polar surface area (TPSA) is 52.4 Å². The summed E-state index contributed by atoms with van der Waals surface area (Å²) in [5, 5.41) is 4.14. The van der Waals surface area contributed by atoms with Crippen molar-refractivity contribution in [1.82, 2.24) is 19.7 Å². The number of ether oxygens (including phenoxy) is 2. The predicted octanol–water partition coefficient (Wildman–Crippen LogP) is 1.40. The van der Waals surface area contributed by atoms with Crippen molar-refractivity contribution >= 4 is 0 Å². The number of aryl methyl sites for hydroxylation is 2. The largest absolute Gasteiger partial charge is 0.483 e. The quantitative estimate of drug-likeness (QED) is 0.836. The molecule has 1 aliphatic rings. The zero-order chi connectivity index (χ0) is 15.5. The normalized spacial score (nSPS) is 21.5. The highest BCUT2D eigenvalue weighted by atomic mass is 16.5. The highest BCUT2D eigenvalue weighted by Gasteiger charge is 2.33. The maximum Gasteiger partial charge on any atom is 0.157 e. The summed E-state index contributed by atoms with van der Waals surface area (Å²) in [6, 6.07) is 2.30. The molecular weight excluding hydrogens is 280 g/mol. The van der Waals surface area contributed by atoms with Gasteiger partial charge in [-0.25, -0.2) is 0 Å². The molecule has 2 atom stereocenters. The molecule has 0 N–H and O–H groups in total. The van der Waals surface area contributed by atoms with Crippen LogP contribution >= 0.6 is 0 Å². The molecule has 3 rings (SSSR count). The molecule has 0 amide bonds. The van der Waals surface area contributed by atoms with E-state index in [4.69, 9.17) is 9.47 Å². The minimum Gasteiger partial charge on any atom is -0.483 e. The molecule has 2 aromatic rings. The summed E-state index contributed by atoms with van der Waals surface area (Å²) in [5.74, 6) is 0.788. The van der Waals surface area contributed by atoms with Crippen LogP contribution < -0.4 is 4.74 Å². The molecule has 0 aromatic carbocycles. The summed E-state index contributed by atoms with van der Waals surface area (Å²) in [6.45, 7) is 4.24. The third-order valence-electron chi connectivity index (χ3n) is 4.09. The van der Waals surface area contributed by atoms with Crippen LogP contribution in [0.1, 0.15) is 11.1 Å². The van der Waals surface area contributed by atoms with Gasteiger partial charge in [0.15, 0.2) is 5.75 Å². The molecule has 0 saturated carbocycles. The van der Waals surface area contributed by atoms with E-state index in [-0.39, 0.29) is 12.1 Å². The Morgan fingerprint density at radius 1 is 1.41 bits per heavy atom. The number of nitrogens with zero attached hydrogens (tertiary/aromatic N) is 4. The Morgan fingerprint density at radius 2 is 2.27 bits per heavy atom. The van der Waals surface area contributed by atoms with Crippen LogP contribution in [0.25, 0.3) is 0 Å². The molecule has 6 heteroatoms. The lowest BCUT2D eigenvalue weighted by molar-refractivity contribution is 0.112. The third kappa shape index (κ3) is 3.28. The molecule has 2 aromatic heterocycles. The van der Waals surface area contributed by atoms with E-state index >= 15 is 0 Å². The van der Waals surface area contributed by atoms with Gasteiger partial charge in [0, 0.05) is 26.0 Å². The maximum absolute atomic E-state index is 6.04. The smallest absolute Gasteiger partial charge is 0.157 e. The van der Waals surface area contributed by atoms with Gasteiger partial charge in [-0.15, -0.1) is 0 Å². The van der Waals surface area contributed by atoms with E-state index in [1.165, 1.54) is 11.1 Å². The van der Waals surface area contributed by atoms with Gasteiger partial charge in [-0.1, -0.05) is 0 Å². The van der Waals surface area contributed by atoms with E-state index in [1.54, 1.807) is 10.9 Å². The zero-order valence-corrected chi connectivity index (χ0v) is 13.3. The second-order valence-corrected chi connectivity index (χ2v) is 5.83. The van der Waals surface area contributed by atoms with Gasteiger partial charge in [-0.05, 0) is 31.2 Å². The van der Waals surface area contributed by atoms with E-state index in [2.05, 4.69) is 35.0 Å². The van der Waals surface area contributed by atoms with Crippen molar-refractivity contribution in [2.45, 2.75) is 25.6 Å². The fourth-order valence-electron chi connectivity index (χ4n) is 2.75. The van der Waals surface area contributed by atoms with Gasteiger partial charge in [0.2, 0.25) is 0 Å². The van der Waals surface area contributed by atoms with Crippen LogP contribution in [0.3, 0.4) is 0 Å². The molecule has 0 radical (unpaired) electrons. The van der Waals surface area contributed by atoms with Crippen molar-refractivity contribution in [2.24, 2.45) is 7.05 Å². The van der Waals surface area contributed by atoms with Gasteiger partial charge in [0.25, 0.3) is 0 Å². The van der Waals surface area contributed by atoms with Crippen molar-refractivity contribution in [3.63, 3.8) is 0 Å². The average Bonchev–Trinajstić information content (AvgIpc) is 3.11. The fraction of sp³-hybridized carbons (Fsp3) is 0.500. The average molecular weight is 302 g/mol. The summed E-state index contributed by atoms with van der Waals surface area (Å²) in [5.41, 5.74) is 2.49. The first-order valence-electron chi connectivity index (χ1n) is 7.46. The second kappa shape index (κ2) is 6.46. The van der Waals surface area contributed by atoms with Crippen LogP contribution in [-0.2, 0) is 18.3 Å². The first-order chi connectivity index (χ1) is 10.6. The van der Waals surface area contributed by atoms with E-state index < -0.39 is 0 Å². The minimum atomic E-state index is 0.0244. The standard InChI is InChI=1S/C16H22N4O2/c1-12-6-17-5-4-13(12)8-19(2)15-10-21-11-16(15)22-14-7-18-20(3)9-14/h4-7,9,15-16H,8,10-11H2,1-3H3/t15-,16+/m0/s1. The monoisotopic (exact) mass is 302 g/mol. The summed E-state index contributed by atoms with van der Waals surface area (Å²) in [7, 11) is 3.99. The highest BCUT2D eigenvalue weighted by Crippen LogP contribution is 2.21. The Hall–Kier alpha value is -1.92. The molecule has 1 fully saturated rings. The fourth-order valence-corrected chi connectivity index (χ4v) is 2.75. The van der Waals surface area contributed by atoms with Gasteiger partial charge >= 0.3 is 0 Å². The Balaban J connectivity index is 1.66. The number of likely N-dealkylation sites (N-methyl/N-ethyl adjacent to an activating group) is 1. The molecule has 0 unspecified atom stereocenters. The first kappa shape index (κ1) is 15.0. The molecule has 22 heavy (non-hydrogen) atoms. The van der Waals surface area contributed by atoms with Crippen LogP contribution in [0, 0.1) is 6.92 Å². The lowest BCUT2D eigenvalue weighted by Crippen LogP contribution is -2.43. The van der Waals surface area contributed by atoms with Crippen molar-refractivity contribution in [2.75, 3.05) is 20.3 Å². The number of rotatable bonds is 5. The molecule has 0 aliphatic carbocycles. The molecule has 1 saturated heterocycles. The van der Waals surface area contributed by atoms with Crippen molar-refractivity contribution in [1.29, 1.82) is 0 Å². The van der Waals surface area contributed by atoms with Gasteiger partial charge in [0.05, 0.1) is 31.6 Å². The van der Waals surface area contributed by atoms with Crippen LogP contribution in [0.5, 0.6) is 5.75 Å². The summed E-state index contributed by atoms with van der Waals surface area (Å²) >= 11 is 0. The van der Waals surface area contributed by atoms with E-state index in [9.17, 15) is 0 Å². The molecule has 1 aliphatic heterocycles. The number of aromatic nitrogens is 3. The lowest BCUT2D eigenvalue weighted by Gasteiger charge is -2.28. The van der Waals surface area contributed by atoms with Gasteiger partial charge < -0.3 is 9.47 Å². The number of hydrogen-bond donors (Lipinski definition) is 0. The van der Waals surface area contributed by atoms with Crippen LogP contribution in [0.15, 0.2) is 30.9 Å². The van der Waals surface area contributed by atoms with Crippen LogP contribution in [-0.4, -0.2) is 52.1 Å². The minimum absolute atomic E-state index is 0.0244. The molecule has 118 valence electrons. The second-order valence-electron chi connectivity index (χ2n) is 5.83. The van der Waals surface area contributed by atoms with E-state index in [0.29, 0.717) is 13.2 Å². The van der Waals surface area contributed by atoms with E-state index in [1.807, 2.05) is 25.6 Å². The Kier molecular flexibility index (Phi) is 4.40. The molecule has 3 heterocycles. The van der Waals surface area contributed by atoms with Gasteiger partial charge in [0.1, 0.15) is 6.10 Å². The summed E-state index contributed by atoms with van der Waals surface area (Å²) in [6.07, 6.45) is 7.38. The maximum atomic E-state index is 6.04. The van der Waals surface area contributed by atoms with E-state index in [0.717, 1.165) is 12.3 Å². The number of hydrogen-bond acceptors (Lipinski definition) is 5. The van der Waals surface area contributed by atoms with Crippen LogP contribution in [0.4, 0.5) is 0 Å².